The van der Waals surface area contributed by atoms with Gasteiger partial charge in [-0.15, -0.1) is 0 Å². The fourth-order valence-corrected chi connectivity index (χ4v) is 2.76. The number of halogens is 1. The molecule has 0 aliphatic carbocycles. The predicted molar refractivity (Wildman–Crippen MR) is 92.7 cm³/mol. The number of aliphatic hydroxyl groups excluding tert-OH is 1. The molecule has 1 fully saturated rings. The highest BCUT2D eigenvalue weighted by atomic mass is 35.5. The molecule has 1 saturated heterocycles. The van der Waals surface area contributed by atoms with E-state index in [0.29, 0.717) is 29.7 Å². The van der Waals surface area contributed by atoms with Gasteiger partial charge in [0, 0.05) is 19.2 Å². The summed E-state index contributed by atoms with van der Waals surface area (Å²) in [6.07, 6.45) is 2.22. The van der Waals surface area contributed by atoms with Gasteiger partial charge in [-0.05, 0) is 29.8 Å². The van der Waals surface area contributed by atoms with Crippen LogP contribution in [0.1, 0.15) is 12.0 Å². The second kappa shape index (κ2) is 8.18. The molecule has 2 heterocycles. The number of aliphatic hydroxyl groups is 1. The van der Waals surface area contributed by atoms with Gasteiger partial charge in [0.15, 0.2) is 6.61 Å². The van der Waals surface area contributed by atoms with Crippen LogP contribution >= 0.6 is 11.6 Å². The molecule has 1 aliphatic rings. The van der Waals surface area contributed by atoms with Gasteiger partial charge >= 0.3 is 0 Å². The van der Waals surface area contributed by atoms with E-state index in [1.54, 1.807) is 47.5 Å². The van der Waals surface area contributed by atoms with Crippen LogP contribution in [0.25, 0.3) is 0 Å². The summed E-state index contributed by atoms with van der Waals surface area (Å²) in [6, 6.07) is 10.4. The number of rotatable bonds is 6. The lowest BCUT2D eigenvalue weighted by Crippen LogP contribution is -2.34. The molecule has 1 aromatic carbocycles. The van der Waals surface area contributed by atoms with E-state index in [9.17, 15) is 4.79 Å². The summed E-state index contributed by atoms with van der Waals surface area (Å²) in [5.41, 5.74) is 0.798. The van der Waals surface area contributed by atoms with Gasteiger partial charge in [0.25, 0.3) is 5.91 Å². The molecule has 1 unspecified atom stereocenters. The standard InChI is InChI=1S/C18H19ClN2O4/c19-16-2-1-8-20-18(16)25-15-7-9-21(10-15)17(23)12-24-14-5-3-13(11-22)4-6-14/h1-6,8,15,22H,7,9-12H2. The summed E-state index contributed by atoms with van der Waals surface area (Å²) < 4.78 is 11.3. The van der Waals surface area contributed by atoms with Crippen LogP contribution in [0.5, 0.6) is 11.6 Å². The average Bonchev–Trinajstić information content (AvgIpc) is 3.11. The van der Waals surface area contributed by atoms with E-state index in [-0.39, 0.29) is 25.2 Å². The fraction of sp³-hybridized carbons (Fsp3) is 0.333. The molecule has 132 valence electrons. The summed E-state index contributed by atoms with van der Waals surface area (Å²) >= 11 is 6.04. The molecule has 1 aromatic heterocycles. The van der Waals surface area contributed by atoms with Crippen LogP contribution in [0.2, 0.25) is 5.02 Å². The molecule has 7 heteroatoms. The van der Waals surface area contributed by atoms with E-state index in [1.165, 1.54) is 0 Å². The molecule has 3 rings (SSSR count). The largest absolute Gasteiger partial charge is 0.484 e. The van der Waals surface area contributed by atoms with Gasteiger partial charge in [-0.25, -0.2) is 4.98 Å². The number of aromatic nitrogens is 1. The van der Waals surface area contributed by atoms with Gasteiger partial charge in [-0.3, -0.25) is 4.79 Å². The van der Waals surface area contributed by atoms with Crippen molar-refractivity contribution in [2.75, 3.05) is 19.7 Å². The second-order valence-electron chi connectivity index (χ2n) is 5.75. The average molecular weight is 363 g/mol. The predicted octanol–water partition coefficient (Wildman–Crippen LogP) is 2.29. The van der Waals surface area contributed by atoms with Crippen LogP contribution in [0, 0.1) is 0 Å². The lowest BCUT2D eigenvalue weighted by atomic mass is 10.2. The highest BCUT2D eigenvalue weighted by Gasteiger charge is 2.28. The Morgan fingerprint density at radius 1 is 1.32 bits per heavy atom. The van der Waals surface area contributed by atoms with Crippen LogP contribution in [-0.2, 0) is 11.4 Å². The third-order valence-corrected chi connectivity index (χ3v) is 4.26. The van der Waals surface area contributed by atoms with E-state index >= 15 is 0 Å². The lowest BCUT2D eigenvalue weighted by Gasteiger charge is -2.17. The van der Waals surface area contributed by atoms with Crippen molar-refractivity contribution in [3.63, 3.8) is 0 Å². The number of pyridine rings is 1. The van der Waals surface area contributed by atoms with Crippen LogP contribution < -0.4 is 9.47 Å². The highest BCUT2D eigenvalue weighted by Crippen LogP contribution is 2.24. The number of nitrogens with zero attached hydrogens (tertiary/aromatic N) is 2. The zero-order valence-electron chi connectivity index (χ0n) is 13.6. The van der Waals surface area contributed by atoms with E-state index in [2.05, 4.69) is 4.98 Å². The van der Waals surface area contributed by atoms with Crippen molar-refractivity contribution < 1.29 is 19.4 Å². The smallest absolute Gasteiger partial charge is 0.260 e. The molecular weight excluding hydrogens is 344 g/mol. The number of likely N-dealkylation sites (tertiary alicyclic amines) is 1. The molecule has 0 saturated carbocycles. The molecule has 25 heavy (non-hydrogen) atoms. The minimum absolute atomic E-state index is 0.0192. The summed E-state index contributed by atoms with van der Waals surface area (Å²) in [4.78, 5) is 18.1. The Balaban J connectivity index is 1.48. The molecular formula is C18H19ClN2O4. The minimum Gasteiger partial charge on any atom is -0.484 e. The van der Waals surface area contributed by atoms with Gasteiger partial charge in [0.1, 0.15) is 16.9 Å². The molecule has 0 spiro atoms. The molecule has 1 amide bonds. The van der Waals surface area contributed by atoms with Gasteiger partial charge < -0.3 is 19.5 Å². The maximum absolute atomic E-state index is 12.3. The summed E-state index contributed by atoms with van der Waals surface area (Å²) in [5.74, 6) is 0.894. The van der Waals surface area contributed by atoms with Gasteiger partial charge in [0.2, 0.25) is 5.88 Å². The third-order valence-electron chi connectivity index (χ3n) is 3.97. The van der Waals surface area contributed by atoms with Crippen molar-refractivity contribution in [2.24, 2.45) is 0 Å². The summed E-state index contributed by atoms with van der Waals surface area (Å²) in [6.45, 7) is 1.05. The maximum atomic E-state index is 12.3. The fourth-order valence-electron chi connectivity index (χ4n) is 2.59. The molecule has 1 aliphatic heterocycles. The van der Waals surface area contributed by atoms with Crippen LogP contribution in [0.4, 0.5) is 0 Å². The molecule has 6 nitrogen and oxygen atoms in total. The van der Waals surface area contributed by atoms with Crippen molar-refractivity contribution >= 4 is 17.5 Å². The number of carbonyl (C=O) groups is 1. The van der Waals surface area contributed by atoms with E-state index in [0.717, 1.165) is 12.0 Å². The van der Waals surface area contributed by atoms with Crippen molar-refractivity contribution in [3.05, 3.63) is 53.2 Å². The Hall–Kier alpha value is -2.31. The van der Waals surface area contributed by atoms with E-state index in [4.69, 9.17) is 26.2 Å². The lowest BCUT2D eigenvalue weighted by molar-refractivity contribution is -0.132. The van der Waals surface area contributed by atoms with Crippen LogP contribution in [0.15, 0.2) is 42.6 Å². The zero-order valence-corrected chi connectivity index (χ0v) is 14.4. The van der Waals surface area contributed by atoms with Crippen molar-refractivity contribution in [1.82, 2.24) is 9.88 Å². The Kier molecular flexibility index (Phi) is 5.73. The summed E-state index contributed by atoms with van der Waals surface area (Å²) in [5, 5.41) is 9.47. The van der Waals surface area contributed by atoms with Gasteiger partial charge in [0.05, 0.1) is 13.2 Å². The number of benzene rings is 1. The first-order chi connectivity index (χ1) is 12.2. The number of hydrogen-bond acceptors (Lipinski definition) is 5. The Bertz CT molecular complexity index is 723. The molecule has 2 aromatic rings. The molecule has 0 bridgehead atoms. The van der Waals surface area contributed by atoms with Crippen LogP contribution in [0.3, 0.4) is 0 Å². The first-order valence-corrected chi connectivity index (χ1v) is 8.41. The van der Waals surface area contributed by atoms with Gasteiger partial charge in [-0.2, -0.15) is 0 Å². The number of hydrogen-bond donors (Lipinski definition) is 1. The number of amides is 1. The quantitative estimate of drug-likeness (QED) is 0.853. The zero-order chi connectivity index (χ0) is 17.6. The first kappa shape index (κ1) is 17.5. The van der Waals surface area contributed by atoms with Crippen molar-refractivity contribution in [3.8, 4) is 11.6 Å². The van der Waals surface area contributed by atoms with Crippen LogP contribution in [-0.4, -0.2) is 46.7 Å². The highest BCUT2D eigenvalue weighted by molar-refractivity contribution is 6.31. The Morgan fingerprint density at radius 3 is 2.84 bits per heavy atom. The molecule has 0 radical (unpaired) electrons. The van der Waals surface area contributed by atoms with E-state index in [1.807, 2.05) is 0 Å². The second-order valence-corrected chi connectivity index (χ2v) is 6.16. The van der Waals surface area contributed by atoms with Crippen molar-refractivity contribution in [2.45, 2.75) is 19.1 Å². The minimum atomic E-state index is -0.125. The first-order valence-electron chi connectivity index (χ1n) is 8.03. The van der Waals surface area contributed by atoms with Gasteiger partial charge in [-0.1, -0.05) is 23.7 Å². The number of carbonyl (C=O) groups excluding carboxylic acids is 1. The third kappa shape index (κ3) is 4.61. The number of ether oxygens (including phenoxy) is 2. The summed E-state index contributed by atoms with van der Waals surface area (Å²) in [7, 11) is 0. The van der Waals surface area contributed by atoms with E-state index < -0.39 is 0 Å². The molecule has 1 atom stereocenters. The Morgan fingerprint density at radius 2 is 2.12 bits per heavy atom. The monoisotopic (exact) mass is 362 g/mol. The van der Waals surface area contributed by atoms with Crippen molar-refractivity contribution in [1.29, 1.82) is 0 Å². The maximum Gasteiger partial charge on any atom is 0.260 e. The Labute approximate surface area is 151 Å². The topological polar surface area (TPSA) is 71.9 Å². The molecule has 1 N–H and O–H groups in total. The SMILES string of the molecule is O=C(COc1ccc(CO)cc1)N1CCC(Oc2ncccc2Cl)C1. The normalized spacial score (nSPS) is 16.7.